The summed E-state index contributed by atoms with van der Waals surface area (Å²) in [7, 11) is 0. The van der Waals surface area contributed by atoms with Crippen LogP contribution < -0.4 is 0 Å². The second-order valence-electron chi connectivity index (χ2n) is 9.37. The van der Waals surface area contributed by atoms with Crippen molar-refractivity contribution in [3.05, 3.63) is 11.6 Å². The maximum atomic E-state index is 15.7. The van der Waals surface area contributed by atoms with Crippen molar-refractivity contribution in [2.75, 3.05) is 0 Å². The molecular weight excluding hydrogens is 371 g/mol. The third-order valence-electron chi connectivity index (χ3n) is 8.45. The number of carbonyl (C=O) groups excluding carboxylic acids is 2. The van der Waals surface area contributed by atoms with Crippen LogP contribution in [0.25, 0.3) is 0 Å². The molecule has 4 heteroatoms. The average Bonchev–Trinajstić information content (AvgIpc) is 3.26. The average molecular weight is 395 g/mol. The predicted octanol–water partition coefficient (Wildman–Crippen LogP) is 4.41. The molecule has 5 aliphatic rings. The molecule has 0 aromatic rings. The molecule has 0 aromatic heterocycles. The minimum atomic E-state index is -1.04. The number of hydrogen-bond acceptors (Lipinski definition) is 2. The molecule has 3 unspecified atom stereocenters. The lowest BCUT2D eigenvalue weighted by Crippen LogP contribution is -2.65. The molecular formula is C20H24BrFO2. The van der Waals surface area contributed by atoms with Gasteiger partial charge < -0.3 is 0 Å². The molecule has 0 saturated heterocycles. The minimum absolute atomic E-state index is 0.186. The Bertz CT molecular complexity index is 702. The van der Waals surface area contributed by atoms with Crippen molar-refractivity contribution >= 4 is 27.5 Å². The second kappa shape index (κ2) is 4.42. The van der Waals surface area contributed by atoms with Crippen LogP contribution in [0, 0.1) is 34.5 Å². The zero-order chi connectivity index (χ0) is 17.1. The summed E-state index contributed by atoms with van der Waals surface area (Å²) in [5.41, 5.74) is 0.368. The Labute approximate surface area is 150 Å². The second-order valence-corrected chi connectivity index (χ2v) is 10.7. The van der Waals surface area contributed by atoms with Crippen molar-refractivity contribution < 1.29 is 14.0 Å². The topological polar surface area (TPSA) is 34.1 Å². The van der Waals surface area contributed by atoms with Crippen LogP contribution in [-0.4, -0.2) is 22.1 Å². The highest BCUT2D eigenvalue weighted by Gasteiger charge is 2.76. The normalized spacial score (nSPS) is 58.3. The molecule has 5 rings (SSSR count). The predicted molar refractivity (Wildman–Crippen MR) is 92.5 cm³/mol. The number of fused-ring (bicyclic) bond motifs is 7. The van der Waals surface area contributed by atoms with Crippen LogP contribution in [0.1, 0.15) is 52.4 Å². The first-order valence-corrected chi connectivity index (χ1v) is 10.1. The van der Waals surface area contributed by atoms with Crippen molar-refractivity contribution in [2.45, 2.75) is 62.9 Å². The molecule has 130 valence electrons. The summed E-state index contributed by atoms with van der Waals surface area (Å²) in [6.07, 6.45) is 5.15. The van der Waals surface area contributed by atoms with E-state index in [0.717, 1.165) is 31.3 Å². The highest BCUT2D eigenvalue weighted by molar-refractivity contribution is 9.10. The van der Waals surface area contributed by atoms with Gasteiger partial charge in [-0.25, -0.2) is 4.39 Å². The Hall–Kier alpha value is -0.510. The molecule has 0 aliphatic heterocycles. The molecule has 5 aliphatic carbocycles. The fraction of sp³-hybridized carbons (Fsp3) is 0.800. The van der Waals surface area contributed by atoms with Crippen molar-refractivity contribution in [3.8, 4) is 0 Å². The van der Waals surface area contributed by atoms with E-state index in [1.165, 1.54) is 0 Å². The van der Waals surface area contributed by atoms with Crippen LogP contribution >= 0.6 is 15.9 Å². The molecule has 4 fully saturated rings. The molecule has 0 heterocycles. The molecule has 24 heavy (non-hydrogen) atoms. The third-order valence-corrected chi connectivity index (χ3v) is 10.4. The Morgan fingerprint density at radius 1 is 1.25 bits per heavy atom. The van der Waals surface area contributed by atoms with Gasteiger partial charge in [0.25, 0.3) is 0 Å². The van der Waals surface area contributed by atoms with E-state index in [2.05, 4.69) is 22.9 Å². The fourth-order valence-electron chi connectivity index (χ4n) is 7.17. The first-order chi connectivity index (χ1) is 11.2. The van der Waals surface area contributed by atoms with E-state index in [-0.39, 0.29) is 23.0 Å². The van der Waals surface area contributed by atoms with Gasteiger partial charge in [0.1, 0.15) is 12.0 Å². The summed E-state index contributed by atoms with van der Waals surface area (Å²) in [5.74, 6) is 1.72. The van der Waals surface area contributed by atoms with Crippen LogP contribution in [0.5, 0.6) is 0 Å². The van der Waals surface area contributed by atoms with Gasteiger partial charge in [-0.15, -0.1) is 0 Å². The number of Topliss-reactive ketones (excluding diaryl/α,β-unsaturated/α-hetero) is 1. The molecule has 4 saturated carbocycles. The van der Waals surface area contributed by atoms with E-state index in [9.17, 15) is 9.59 Å². The van der Waals surface area contributed by atoms with Gasteiger partial charge in [-0.1, -0.05) is 35.4 Å². The summed E-state index contributed by atoms with van der Waals surface area (Å²) in [6, 6.07) is 0. The largest absolute Gasteiger partial charge is 0.299 e. The molecule has 0 N–H and O–H groups in total. The van der Waals surface area contributed by atoms with Crippen LogP contribution in [0.4, 0.5) is 4.39 Å². The van der Waals surface area contributed by atoms with Crippen LogP contribution in [-0.2, 0) is 9.59 Å². The van der Waals surface area contributed by atoms with E-state index >= 15 is 4.39 Å². The van der Waals surface area contributed by atoms with Crippen molar-refractivity contribution in [1.29, 1.82) is 0 Å². The van der Waals surface area contributed by atoms with Gasteiger partial charge in [-0.05, 0) is 55.9 Å². The van der Waals surface area contributed by atoms with Crippen molar-refractivity contribution in [2.24, 2.45) is 34.5 Å². The molecule has 0 spiro atoms. The summed E-state index contributed by atoms with van der Waals surface area (Å²) in [6.45, 7) is 4.19. The van der Waals surface area contributed by atoms with E-state index in [0.29, 0.717) is 30.5 Å². The first kappa shape index (κ1) is 15.7. The van der Waals surface area contributed by atoms with Gasteiger partial charge in [-0.2, -0.15) is 0 Å². The first-order valence-electron chi connectivity index (χ1n) is 9.34. The highest BCUT2D eigenvalue weighted by Crippen LogP contribution is 2.75. The SMILES string of the molecule is C[C@]12CCC(=O)C=C1CCC1C3[C@@H]4C[C@@H]4C(=O)[C@@]3(C)C[C@H](F)C12Br. The molecule has 0 bridgehead atoms. The lowest BCUT2D eigenvalue weighted by molar-refractivity contribution is -0.139. The van der Waals surface area contributed by atoms with E-state index < -0.39 is 15.9 Å². The van der Waals surface area contributed by atoms with Crippen LogP contribution in [0.2, 0.25) is 0 Å². The summed E-state index contributed by atoms with van der Waals surface area (Å²) in [5, 5.41) is 0. The van der Waals surface area contributed by atoms with Gasteiger partial charge in [0.05, 0.1) is 4.32 Å². The molecule has 8 atom stereocenters. The highest BCUT2D eigenvalue weighted by atomic mass is 79.9. The van der Waals surface area contributed by atoms with Crippen LogP contribution in [0.3, 0.4) is 0 Å². The molecule has 0 radical (unpaired) electrons. The zero-order valence-electron chi connectivity index (χ0n) is 14.3. The van der Waals surface area contributed by atoms with Gasteiger partial charge >= 0.3 is 0 Å². The number of hydrogen-bond donors (Lipinski definition) is 0. The number of rotatable bonds is 0. The Morgan fingerprint density at radius 3 is 2.75 bits per heavy atom. The monoisotopic (exact) mass is 394 g/mol. The number of alkyl halides is 2. The van der Waals surface area contributed by atoms with Gasteiger partial charge in [-0.3, -0.25) is 9.59 Å². The number of halogens is 2. The maximum absolute atomic E-state index is 15.7. The number of carbonyl (C=O) groups is 2. The van der Waals surface area contributed by atoms with Gasteiger partial charge in [0.15, 0.2) is 5.78 Å². The van der Waals surface area contributed by atoms with E-state index in [1.807, 2.05) is 6.92 Å². The molecule has 0 amide bonds. The number of ketones is 2. The van der Waals surface area contributed by atoms with Crippen molar-refractivity contribution in [1.82, 2.24) is 0 Å². The smallest absolute Gasteiger partial charge is 0.155 e. The van der Waals surface area contributed by atoms with Crippen molar-refractivity contribution in [3.63, 3.8) is 0 Å². The fourth-order valence-corrected chi connectivity index (χ4v) is 8.30. The Balaban J connectivity index is 1.65. The summed E-state index contributed by atoms with van der Waals surface area (Å²) < 4.78 is 15.1. The lowest BCUT2D eigenvalue weighted by atomic mass is 9.46. The van der Waals surface area contributed by atoms with E-state index in [4.69, 9.17) is 0 Å². The molecule has 2 nitrogen and oxygen atoms in total. The Kier molecular flexibility index (Phi) is 2.89. The standard InChI is InChI=1S/C20H24BrFO2/c1-18-9-15(22)20(21)14(16(18)12-8-13(12)17(18)24)4-3-10-7-11(23)5-6-19(10,20)2/h7,12-16H,3-6,8-9H2,1-2H3/t12-,13+,14?,15+,16?,18+,19+,20?/m1/s1. The van der Waals surface area contributed by atoms with Gasteiger partial charge in [0.2, 0.25) is 0 Å². The van der Waals surface area contributed by atoms with E-state index in [1.54, 1.807) is 6.08 Å². The minimum Gasteiger partial charge on any atom is -0.299 e. The van der Waals surface area contributed by atoms with Crippen LogP contribution in [0.15, 0.2) is 11.6 Å². The summed E-state index contributed by atoms with van der Waals surface area (Å²) >= 11 is 3.94. The lowest BCUT2D eigenvalue weighted by Gasteiger charge is -2.63. The zero-order valence-corrected chi connectivity index (χ0v) is 15.9. The molecule has 0 aromatic carbocycles. The van der Waals surface area contributed by atoms with Gasteiger partial charge in [0, 0.05) is 23.2 Å². The maximum Gasteiger partial charge on any atom is 0.155 e. The third kappa shape index (κ3) is 1.54. The summed E-state index contributed by atoms with van der Waals surface area (Å²) in [4.78, 5) is 24.7. The number of allylic oxidation sites excluding steroid dienone is 1. The quantitative estimate of drug-likeness (QED) is 0.570. The Morgan fingerprint density at radius 2 is 2.00 bits per heavy atom.